The van der Waals surface area contributed by atoms with Crippen molar-refractivity contribution in [2.75, 3.05) is 12.4 Å². The minimum atomic E-state index is -0.0704. The molecule has 90 valence electrons. The highest BCUT2D eigenvalue weighted by molar-refractivity contribution is 7.80. The van der Waals surface area contributed by atoms with E-state index in [4.69, 9.17) is 4.74 Å². The van der Waals surface area contributed by atoms with Crippen LogP contribution in [0.15, 0.2) is 0 Å². The summed E-state index contributed by atoms with van der Waals surface area (Å²) < 4.78 is 5.22. The lowest BCUT2D eigenvalue weighted by molar-refractivity contribution is -0.145. The van der Waals surface area contributed by atoms with Gasteiger partial charge in [-0.25, -0.2) is 0 Å². The first kappa shape index (κ1) is 14.8. The van der Waals surface area contributed by atoms with E-state index in [-0.39, 0.29) is 5.97 Å². The summed E-state index contributed by atoms with van der Waals surface area (Å²) in [6, 6.07) is 0. The molecule has 0 rings (SSSR count). The van der Waals surface area contributed by atoms with Gasteiger partial charge in [-0.05, 0) is 24.5 Å². The fourth-order valence-corrected chi connectivity index (χ4v) is 1.56. The van der Waals surface area contributed by atoms with Gasteiger partial charge in [0.05, 0.1) is 6.61 Å². The van der Waals surface area contributed by atoms with Crippen LogP contribution in [0.3, 0.4) is 0 Å². The van der Waals surface area contributed by atoms with Gasteiger partial charge in [-0.1, -0.05) is 33.1 Å². The molecule has 15 heavy (non-hydrogen) atoms. The van der Waals surface area contributed by atoms with Gasteiger partial charge < -0.3 is 4.74 Å². The zero-order chi connectivity index (χ0) is 11.5. The molecule has 0 aliphatic heterocycles. The highest BCUT2D eigenvalue weighted by atomic mass is 32.1. The summed E-state index contributed by atoms with van der Waals surface area (Å²) in [7, 11) is 0. The summed E-state index contributed by atoms with van der Waals surface area (Å²) in [5.41, 5.74) is 0. The molecule has 0 saturated carbocycles. The number of rotatable bonds is 9. The summed E-state index contributed by atoms with van der Waals surface area (Å²) in [5.74, 6) is 1.23. The SMILES string of the molecule is CCCCC(CC)COC(=O)CCCS. The maximum Gasteiger partial charge on any atom is 0.305 e. The van der Waals surface area contributed by atoms with Crippen molar-refractivity contribution in [2.45, 2.75) is 52.4 Å². The molecule has 0 aliphatic rings. The standard InChI is InChI=1S/C12H24O2S/c1-3-5-7-11(4-2)10-14-12(13)8-6-9-15/h11,15H,3-10H2,1-2H3. The number of hydrogen-bond acceptors (Lipinski definition) is 3. The first-order chi connectivity index (χ1) is 7.24. The van der Waals surface area contributed by atoms with Crippen LogP contribution in [0, 0.1) is 5.92 Å². The Morgan fingerprint density at radius 1 is 1.33 bits per heavy atom. The molecule has 0 bridgehead atoms. The van der Waals surface area contributed by atoms with E-state index in [1.807, 2.05) is 0 Å². The van der Waals surface area contributed by atoms with E-state index in [2.05, 4.69) is 26.5 Å². The zero-order valence-corrected chi connectivity index (χ0v) is 10.9. The van der Waals surface area contributed by atoms with Gasteiger partial charge in [0.1, 0.15) is 0 Å². The molecule has 0 aromatic carbocycles. The predicted molar refractivity (Wildman–Crippen MR) is 67.4 cm³/mol. The zero-order valence-electron chi connectivity index (χ0n) is 10.00. The lowest BCUT2D eigenvalue weighted by Crippen LogP contribution is -2.13. The second-order valence-corrected chi connectivity index (χ2v) is 4.37. The number of esters is 1. The van der Waals surface area contributed by atoms with E-state index in [9.17, 15) is 4.79 Å². The molecule has 0 fully saturated rings. The Balaban J connectivity index is 3.55. The third-order valence-corrected chi connectivity index (χ3v) is 2.88. The van der Waals surface area contributed by atoms with Crippen LogP contribution < -0.4 is 0 Å². The molecule has 0 radical (unpaired) electrons. The average Bonchev–Trinajstić information content (AvgIpc) is 2.26. The summed E-state index contributed by atoms with van der Waals surface area (Å²) in [6.07, 6.45) is 6.03. The number of hydrogen-bond donors (Lipinski definition) is 1. The minimum absolute atomic E-state index is 0.0704. The monoisotopic (exact) mass is 232 g/mol. The molecule has 0 N–H and O–H groups in total. The minimum Gasteiger partial charge on any atom is -0.465 e. The van der Waals surface area contributed by atoms with Crippen molar-refractivity contribution in [2.24, 2.45) is 5.92 Å². The third-order valence-electron chi connectivity index (χ3n) is 2.56. The first-order valence-electron chi connectivity index (χ1n) is 6.01. The van der Waals surface area contributed by atoms with E-state index in [0.717, 1.165) is 18.6 Å². The Labute approximate surface area is 99.2 Å². The summed E-state index contributed by atoms with van der Waals surface area (Å²) in [4.78, 5) is 11.2. The van der Waals surface area contributed by atoms with Crippen LogP contribution in [-0.2, 0) is 9.53 Å². The van der Waals surface area contributed by atoms with E-state index in [0.29, 0.717) is 18.9 Å². The number of thiol groups is 1. The van der Waals surface area contributed by atoms with Gasteiger partial charge in [0.25, 0.3) is 0 Å². The molecule has 0 aliphatic carbocycles. The van der Waals surface area contributed by atoms with Crippen LogP contribution in [0.25, 0.3) is 0 Å². The molecule has 0 heterocycles. The van der Waals surface area contributed by atoms with Gasteiger partial charge in [0.15, 0.2) is 0 Å². The highest BCUT2D eigenvalue weighted by Gasteiger charge is 2.09. The maximum absolute atomic E-state index is 11.2. The summed E-state index contributed by atoms with van der Waals surface area (Å²) in [5, 5.41) is 0. The second-order valence-electron chi connectivity index (χ2n) is 3.93. The molecule has 0 spiro atoms. The molecule has 2 nitrogen and oxygen atoms in total. The van der Waals surface area contributed by atoms with Crippen molar-refractivity contribution >= 4 is 18.6 Å². The number of carbonyl (C=O) groups is 1. The van der Waals surface area contributed by atoms with E-state index in [1.54, 1.807) is 0 Å². The predicted octanol–water partition coefficient (Wildman–Crippen LogP) is 3.46. The van der Waals surface area contributed by atoms with Gasteiger partial charge in [-0.2, -0.15) is 12.6 Å². The van der Waals surface area contributed by atoms with Gasteiger partial charge in [0.2, 0.25) is 0 Å². The van der Waals surface area contributed by atoms with Crippen molar-refractivity contribution in [1.82, 2.24) is 0 Å². The lowest BCUT2D eigenvalue weighted by atomic mass is 10.0. The van der Waals surface area contributed by atoms with Crippen LogP contribution in [0.4, 0.5) is 0 Å². The molecule has 0 saturated heterocycles. The Hall–Kier alpha value is -0.180. The molecule has 3 heteroatoms. The number of carbonyl (C=O) groups excluding carboxylic acids is 1. The second kappa shape index (κ2) is 10.3. The average molecular weight is 232 g/mol. The Morgan fingerprint density at radius 2 is 2.07 bits per heavy atom. The molecule has 1 unspecified atom stereocenters. The fraction of sp³-hybridized carbons (Fsp3) is 0.917. The lowest BCUT2D eigenvalue weighted by Gasteiger charge is -2.14. The van der Waals surface area contributed by atoms with Crippen molar-refractivity contribution in [1.29, 1.82) is 0 Å². The van der Waals surface area contributed by atoms with Crippen molar-refractivity contribution in [3.63, 3.8) is 0 Å². The van der Waals surface area contributed by atoms with Crippen molar-refractivity contribution in [3.8, 4) is 0 Å². The maximum atomic E-state index is 11.2. The molecular weight excluding hydrogens is 208 g/mol. The normalized spacial score (nSPS) is 12.5. The fourth-order valence-electron chi connectivity index (χ4n) is 1.40. The van der Waals surface area contributed by atoms with Gasteiger partial charge in [0, 0.05) is 6.42 Å². The first-order valence-corrected chi connectivity index (χ1v) is 6.64. The van der Waals surface area contributed by atoms with Crippen molar-refractivity contribution in [3.05, 3.63) is 0 Å². The summed E-state index contributed by atoms with van der Waals surface area (Å²) in [6.45, 7) is 4.94. The van der Waals surface area contributed by atoms with Crippen LogP contribution in [0.5, 0.6) is 0 Å². The smallest absolute Gasteiger partial charge is 0.305 e. The van der Waals surface area contributed by atoms with Crippen LogP contribution in [-0.4, -0.2) is 18.3 Å². The quantitative estimate of drug-likeness (QED) is 0.487. The number of unbranched alkanes of at least 4 members (excludes halogenated alkanes) is 1. The third kappa shape index (κ3) is 8.79. The Kier molecular flexibility index (Phi) is 10.2. The topological polar surface area (TPSA) is 26.3 Å². The van der Waals surface area contributed by atoms with Gasteiger partial charge in [-0.3, -0.25) is 4.79 Å². The highest BCUT2D eigenvalue weighted by Crippen LogP contribution is 2.13. The molecule has 1 atom stereocenters. The molecule has 0 aromatic heterocycles. The van der Waals surface area contributed by atoms with E-state index >= 15 is 0 Å². The molecule has 0 aromatic rings. The number of ether oxygens (including phenoxy) is 1. The van der Waals surface area contributed by atoms with Crippen molar-refractivity contribution < 1.29 is 9.53 Å². The van der Waals surface area contributed by atoms with Crippen LogP contribution in [0.1, 0.15) is 52.4 Å². The molecule has 0 amide bonds. The van der Waals surface area contributed by atoms with Gasteiger partial charge in [-0.15, -0.1) is 0 Å². The van der Waals surface area contributed by atoms with E-state index < -0.39 is 0 Å². The van der Waals surface area contributed by atoms with E-state index in [1.165, 1.54) is 19.3 Å². The van der Waals surface area contributed by atoms with Crippen LogP contribution in [0.2, 0.25) is 0 Å². The Morgan fingerprint density at radius 3 is 2.60 bits per heavy atom. The Bertz CT molecular complexity index is 160. The van der Waals surface area contributed by atoms with Gasteiger partial charge >= 0.3 is 5.97 Å². The molecular formula is C12H24O2S. The largest absolute Gasteiger partial charge is 0.465 e. The van der Waals surface area contributed by atoms with Crippen LogP contribution >= 0.6 is 12.6 Å². The summed E-state index contributed by atoms with van der Waals surface area (Å²) >= 11 is 4.06.